The van der Waals surface area contributed by atoms with E-state index >= 15 is 0 Å². The molecule has 1 N–H and O–H groups in total. The average molecular weight is 431 g/mol. The van der Waals surface area contributed by atoms with E-state index in [4.69, 9.17) is 0 Å². The van der Waals surface area contributed by atoms with E-state index in [9.17, 15) is 4.79 Å². The highest BCUT2D eigenvalue weighted by Crippen LogP contribution is 2.24. The maximum absolute atomic E-state index is 12.2. The molecule has 1 amide bonds. The predicted molar refractivity (Wildman–Crippen MR) is 82.9 cm³/mol. The van der Waals surface area contributed by atoms with E-state index in [-0.39, 0.29) is 18.3 Å². The normalized spacial score (nSPS) is 15.3. The van der Waals surface area contributed by atoms with E-state index in [0.717, 1.165) is 39.8 Å². The Hall–Kier alpha value is 0.150. The van der Waals surface area contributed by atoms with Gasteiger partial charge in [-0.25, -0.2) is 0 Å². The van der Waals surface area contributed by atoms with Gasteiger partial charge in [0.15, 0.2) is 0 Å². The second-order valence-electron chi connectivity index (χ2n) is 3.64. The Morgan fingerprint density at radius 3 is 2.65 bits per heavy atom. The fraction of sp³-hybridized carbons (Fsp3) is 0.364. The van der Waals surface area contributed by atoms with Gasteiger partial charge in [0.05, 0.1) is 5.56 Å². The van der Waals surface area contributed by atoms with Crippen LogP contribution >= 0.6 is 50.9 Å². The third-order valence-corrected chi connectivity index (χ3v) is 5.08. The van der Waals surface area contributed by atoms with Crippen LogP contribution in [0.1, 0.15) is 10.4 Å². The van der Waals surface area contributed by atoms with E-state index in [0.29, 0.717) is 0 Å². The summed E-state index contributed by atoms with van der Waals surface area (Å²) in [7, 11) is 0. The van der Waals surface area contributed by atoms with Crippen LogP contribution in [0.2, 0.25) is 0 Å². The first-order valence-corrected chi connectivity index (χ1v) is 7.01. The first-order chi connectivity index (χ1) is 7.70. The number of hydrogen-bond acceptors (Lipinski definition) is 2. The largest absolute Gasteiger partial charge is 0.336 e. The van der Waals surface area contributed by atoms with Crippen molar-refractivity contribution in [3.63, 3.8) is 0 Å². The highest BCUT2D eigenvalue weighted by molar-refractivity contribution is 14.1. The molecule has 0 atom stereocenters. The molecular formula is C11H13BrClIN2O. The van der Waals surface area contributed by atoms with Gasteiger partial charge in [-0.2, -0.15) is 0 Å². The van der Waals surface area contributed by atoms with Crippen LogP contribution < -0.4 is 5.32 Å². The molecule has 0 saturated carbocycles. The Labute approximate surface area is 129 Å². The third-order valence-electron chi connectivity index (χ3n) is 2.59. The summed E-state index contributed by atoms with van der Waals surface area (Å²) in [6.07, 6.45) is 0. The number of carbonyl (C=O) groups excluding carboxylic acids is 1. The first kappa shape index (κ1) is 15.2. The maximum atomic E-state index is 12.2. The van der Waals surface area contributed by atoms with E-state index in [1.807, 2.05) is 23.1 Å². The van der Waals surface area contributed by atoms with Gasteiger partial charge in [-0.3, -0.25) is 4.79 Å². The van der Waals surface area contributed by atoms with Crippen molar-refractivity contribution < 1.29 is 4.79 Å². The zero-order valence-corrected chi connectivity index (χ0v) is 13.6. The van der Waals surface area contributed by atoms with Crippen LogP contribution in [-0.2, 0) is 0 Å². The van der Waals surface area contributed by atoms with Crippen LogP contribution in [0.4, 0.5) is 0 Å². The maximum Gasteiger partial charge on any atom is 0.255 e. The summed E-state index contributed by atoms with van der Waals surface area (Å²) in [5.74, 6) is 0.117. The number of nitrogens with zero attached hydrogens (tertiary/aromatic N) is 1. The van der Waals surface area contributed by atoms with Crippen molar-refractivity contribution in [1.29, 1.82) is 0 Å². The standard InChI is InChI=1S/C11H12BrIN2O.ClH/c12-10-8(2-1-3-9(10)13)11(16)15-6-4-14-5-7-15;/h1-3,14H,4-7H2;1H. The summed E-state index contributed by atoms with van der Waals surface area (Å²) >= 11 is 5.70. The highest BCUT2D eigenvalue weighted by atomic mass is 127. The minimum absolute atomic E-state index is 0. The molecule has 1 saturated heterocycles. The van der Waals surface area contributed by atoms with Crippen molar-refractivity contribution in [2.24, 2.45) is 0 Å². The van der Waals surface area contributed by atoms with Crippen LogP contribution in [0.15, 0.2) is 22.7 Å². The van der Waals surface area contributed by atoms with Gasteiger partial charge in [0, 0.05) is 34.2 Å². The highest BCUT2D eigenvalue weighted by Gasteiger charge is 2.20. The number of nitrogens with one attached hydrogen (secondary N) is 1. The van der Waals surface area contributed by atoms with Crippen molar-refractivity contribution in [2.75, 3.05) is 26.2 Å². The summed E-state index contributed by atoms with van der Waals surface area (Å²) in [6.45, 7) is 3.34. The van der Waals surface area contributed by atoms with Crippen molar-refractivity contribution in [2.45, 2.75) is 0 Å². The van der Waals surface area contributed by atoms with Crippen molar-refractivity contribution in [3.8, 4) is 0 Å². The molecule has 1 aliphatic heterocycles. The number of hydrogen-bond donors (Lipinski definition) is 1. The summed E-state index contributed by atoms with van der Waals surface area (Å²) in [6, 6.07) is 5.78. The van der Waals surface area contributed by atoms with Gasteiger partial charge in [0.1, 0.15) is 0 Å². The first-order valence-electron chi connectivity index (χ1n) is 5.14. The number of rotatable bonds is 1. The minimum Gasteiger partial charge on any atom is -0.336 e. The van der Waals surface area contributed by atoms with Crippen molar-refractivity contribution in [3.05, 3.63) is 31.8 Å². The molecule has 3 nitrogen and oxygen atoms in total. The molecule has 0 bridgehead atoms. The number of carbonyl (C=O) groups is 1. The molecule has 1 aliphatic rings. The van der Waals surface area contributed by atoms with Crippen LogP contribution in [-0.4, -0.2) is 37.0 Å². The molecule has 94 valence electrons. The minimum atomic E-state index is 0. The predicted octanol–water partition coefficient (Wildman–Crippen LogP) is 2.52. The van der Waals surface area contributed by atoms with Crippen LogP contribution in [0, 0.1) is 3.57 Å². The molecule has 1 aromatic carbocycles. The molecule has 1 heterocycles. The molecule has 0 aromatic heterocycles. The lowest BCUT2D eigenvalue weighted by Gasteiger charge is -2.27. The number of benzene rings is 1. The number of amides is 1. The Bertz CT molecular complexity index is 410. The van der Waals surface area contributed by atoms with Gasteiger partial charge >= 0.3 is 0 Å². The molecule has 0 radical (unpaired) electrons. The second-order valence-corrected chi connectivity index (χ2v) is 5.60. The molecule has 1 fully saturated rings. The second kappa shape index (κ2) is 6.92. The quantitative estimate of drug-likeness (QED) is 0.694. The number of piperazine rings is 1. The molecule has 2 rings (SSSR count). The molecule has 0 unspecified atom stereocenters. The van der Waals surface area contributed by atoms with Gasteiger partial charge in [-0.05, 0) is 50.7 Å². The monoisotopic (exact) mass is 430 g/mol. The fourth-order valence-corrected chi connectivity index (χ4v) is 2.64. The van der Waals surface area contributed by atoms with Crippen LogP contribution in [0.5, 0.6) is 0 Å². The topological polar surface area (TPSA) is 32.3 Å². The van der Waals surface area contributed by atoms with Crippen molar-refractivity contribution >= 4 is 56.8 Å². The Morgan fingerprint density at radius 2 is 2.00 bits per heavy atom. The Kier molecular flexibility index (Phi) is 6.19. The third kappa shape index (κ3) is 3.56. The molecular weight excluding hydrogens is 418 g/mol. The molecule has 0 spiro atoms. The Balaban J connectivity index is 0.00000144. The molecule has 0 aliphatic carbocycles. The lowest BCUT2D eigenvalue weighted by atomic mass is 10.2. The Morgan fingerprint density at radius 1 is 1.35 bits per heavy atom. The van der Waals surface area contributed by atoms with Gasteiger partial charge in [-0.15, -0.1) is 12.4 Å². The van der Waals surface area contributed by atoms with E-state index in [2.05, 4.69) is 43.8 Å². The van der Waals surface area contributed by atoms with Gasteiger partial charge in [-0.1, -0.05) is 6.07 Å². The van der Waals surface area contributed by atoms with Crippen LogP contribution in [0.3, 0.4) is 0 Å². The van der Waals surface area contributed by atoms with Crippen LogP contribution in [0.25, 0.3) is 0 Å². The zero-order chi connectivity index (χ0) is 11.5. The summed E-state index contributed by atoms with van der Waals surface area (Å²) in [5, 5.41) is 3.24. The average Bonchev–Trinajstić information content (AvgIpc) is 2.33. The van der Waals surface area contributed by atoms with E-state index < -0.39 is 0 Å². The lowest BCUT2D eigenvalue weighted by Crippen LogP contribution is -2.46. The van der Waals surface area contributed by atoms with Gasteiger partial charge in [0.25, 0.3) is 5.91 Å². The van der Waals surface area contributed by atoms with E-state index in [1.54, 1.807) is 0 Å². The molecule has 1 aromatic rings. The fourth-order valence-electron chi connectivity index (χ4n) is 1.71. The van der Waals surface area contributed by atoms with E-state index in [1.165, 1.54) is 0 Å². The summed E-state index contributed by atoms with van der Waals surface area (Å²) in [5.41, 5.74) is 0.758. The number of halogens is 3. The SMILES string of the molecule is Cl.O=C(c1cccc(I)c1Br)N1CCNCC1. The van der Waals surface area contributed by atoms with Gasteiger partial charge < -0.3 is 10.2 Å². The molecule has 6 heteroatoms. The lowest BCUT2D eigenvalue weighted by molar-refractivity contribution is 0.0735. The summed E-state index contributed by atoms with van der Waals surface area (Å²) in [4.78, 5) is 14.1. The van der Waals surface area contributed by atoms with Crippen molar-refractivity contribution in [1.82, 2.24) is 10.2 Å². The smallest absolute Gasteiger partial charge is 0.255 e. The summed E-state index contributed by atoms with van der Waals surface area (Å²) < 4.78 is 1.97. The van der Waals surface area contributed by atoms with Gasteiger partial charge in [0.2, 0.25) is 0 Å². The molecule has 17 heavy (non-hydrogen) atoms. The zero-order valence-electron chi connectivity index (χ0n) is 9.08.